The Balaban J connectivity index is 2.07. The summed E-state index contributed by atoms with van der Waals surface area (Å²) in [5, 5.41) is 3.60. The van der Waals surface area contributed by atoms with Gasteiger partial charge in [-0.15, -0.1) is 0 Å². The third-order valence-corrected chi connectivity index (χ3v) is 4.29. The summed E-state index contributed by atoms with van der Waals surface area (Å²) in [5.41, 5.74) is 4.08. The second-order valence-corrected chi connectivity index (χ2v) is 6.09. The number of rotatable bonds is 6. The molecule has 0 bridgehead atoms. The maximum Gasteiger partial charge on any atom is 0.0207 e. The van der Waals surface area contributed by atoms with E-state index < -0.39 is 0 Å². The van der Waals surface area contributed by atoms with Crippen LogP contribution in [-0.2, 0) is 12.8 Å². The lowest BCUT2D eigenvalue weighted by molar-refractivity contribution is 0.521. The van der Waals surface area contributed by atoms with Crippen molar-refractivity contribution in [2.24, 2.45) is 0 Å². The third-order valence-electron chi connectivity index (χ3n) is 3.52. The summed E-state index contributed by atoms with van der Waals surface area (Å²) >= 11 is 3.64. The molecule has 2 aromatic carbocycles. The Labute approximate surface area is 130 Å². The van der Waals surface area contributed by atoms with E-state index in [-0.39, 0.29) is 0 Å². The van der Waals surface area contributed by atoms with Crippen LogP contribution in [0.5, 0.6) is 0 Å². The molecular formula is C18H22BrN. The van der Waals surface area contributed by atoms with Crippen molar-refractivity contribution in [1.82, 2.24) is 5.32 Å². The highest BCUT2D eigenvalue weighted by molar-refractivity contribution is 9.10. The molecule has 0 saturated heterocycles. The van der Waals surface area contributed by atoms with Crippen molar-refractivity contribution in [1.29, 1.82) is 0 Å². The Morgan fingerprint density at radius 1 is 1.00 bits per heavy atom. The average molecular weight is 332 g/mol. The first-order chi connectivity index (χ1) is 9.69. The van der Waals surface area contributed by atoms with Crippen LogP contribution >= 0.6 is 15.9 Å². The monoisotopic (exact) mass is 331 g/mol. The number of hydrogen-bond donors (Lipinski definition) is 1. The number of aryl methyl sites for hydroxylation is 1. The molecule has 1 atom stereocenters. The molecule has 0 saturated carbocycles. The molecule has 2 rings (SSSR count). The van der Waals surface area contributed by atoms with Gasteiger partial charge in [-0.05, 0) is 43.5 Å². The van der Waals surface area contributed by atoms with E-state index in [1.165, 1.54) is 21.2 Å². The van der Waals surface area contributed by atoms with Gasteiger partial charge < -0.3 is 5.32 Å². The number of benzene rings is 2. The lowest BCUT2D eigenvalue weighted by atomic mass is 9.98. The summed E-state index contributed by atoms with van der Waals surface area (Å²) in [6.45, 7) is 5.30. The van der Waals surface area contributed by atoms with Gasteiger partial charge in [-0.25, -0.2) is 0 Å². The summed E-state index contributed by atoms with van der Waals surface area (Å²) in [5.74, 6) is 0. The van der Waals surface area contributed by atoms with Crippen molar-refractivity contribution in [2.75, 3.05) is 6.54 Å². The van der Waals surface area contributed by atoms with Crippen molar-refractivity contribution in [3.8, 4) is 0 Å². The smallest absolute Gasteiger partial charge is 0.0207 e. The van der Waals surface area contributed by atoms with Crippen molar-refractivity contribution in [3.05, 3.63) is 69.7 Å². The Morgan fingerprint density at radius 3 is 2.35 bits per heavy atom. The number of likely N-dealkylation sites (N-methyl/N-ethyl adjacent to an activating group) is 1. The van der Waals surface area contributed by atoms with Crippen LogP contribution in [0.25, 0.3) is 0 Å². The number of halogens is 1. The number of hydrogen-bond acceptors (Lipinski definition) is 1. The van der Waals surface area contributed by atoms with E-state index in [1.807, 2.05) is 0 Å². The lowest BCUT2D eigenvalue weighted by Gasteiger charge is -2.19. The van der Waals surface area contributed by atoms with Gasteiger partial charge in [0.15, 0.2) is 0 Å². The summed E-state index contributed by atoms with van der Waals surface area (Å²) in [6.07, 6.45) is 2.11. The van der Waals surface area contributed by atoms with Gasteiger partial charge in [0.05, 0.1) is 0 Å². The molecule has 1 nitrogen and oxygen atoms in total. The van der Waals surface area contributed by atoms with E-state index in [0.29, 0.717) is 6.04 Å². The second-order valence-electron chi connectivity index (χ2n) is 5.24. The number of nitrogens with one attached hydrogen (secondary N) is 1. The Bertz CT molecular complexity index is 533. The summed E-state index contributed by atoms with van der Waals surface area (Å²) in [6, 6.07) is 17.8. The first kappa shape index (κ1) is 15.3. The van der Waals surface area contributed by atoms with E-state index in [1.54, 1.807) is 0 Å². The SMILES string of the molecule is CCNC(Cc1ccc(C)cc1)Cc1ccccc1Br. The second kappa shape index (κ2) is 7.61. The molecule has 0 aromatic heterocycles. The van der Waals surface area contributed by atoms with Gasteiger partial charge in [-0.3, -0.25) is 0 Å². The molecule has 0 aliphatic carbocycles. The Morgan fingerprint density at radius 2 is 1.70 bits per heavy atom. The summed E-state index contributed by atoms with van der Waals surface area (Å²) in [7, 11) is 0. The predicted octanol–water partition coefficient (Wildman–Crippen LogP) is 4.52. The molecule has 106 valence electrons. The van der Waals surface area contributed by atoms with Crippen LogP contribution < -0.4 is 5.32 Å². The van der Waals surface area contributed by atoms with Gasteiger partial charge in [0.2, 0.25) is 0 Å². The molecule has 20 heavy (non-hydrogen) atoms. The van der Waals surface area contributed by atoms with Crippen LogP contribution in [0.15, 0.2) is 53.0 Å². The molecule has 2 heteroatoms. The van der Waals surface area contributed by atoms with Crippen molar-refractivity contribution in [2.45, 2.75) is 32.7 Å². The Kier molecular flexibility index (Phi) is 5.81. The molecule has 0 aliphatic rings. The maximum atomic E-state index is 3.64. The zero-order valence-corrected chi connectivity index (χ0v) is 13.8. The van der Waals surface area contributed by atoms with Crippen LogP contribution in [0.1, 0.15) is 23.6 Å². The average Bonchev–Trinajstić information content (AvgIpc) is 2.44. The molecular weight excluding hydrogens is 310 g/mol. The summed E-state index contributed by atoms with van der Waals surface area (Å²) in [4.78, 5) is 0. The molecule has 0 radical (unpaired) electrons. The predicted molar refractivity (Wildman–Crippen MR) is 90.2 cm³/mol. The fraction of sp³-hybridized carbons (Fsp3) is 0.333. The lowest BCUT2D eigenvalue weighted by Crippen LogP contribution is -2.33. The molecule has 1 N–H and O–H groups in total. The van der Waals surface area contributed by atoms with E-state index in [9.17, 15) is 0 Å². The highest BCUT2D eigenvalue weighted by Crippen LogP contribution is 2.19. The van der Waals surface area contributed by atoms with E-state index in [2.05, 4.69) is 83.6 Å². The zero-order chi connectivity index (χ0) is 14.4. The minimum Gasteiger partial charge on any atom is -0.314 e. The van der Waals surface area contributed by atoms with Gasteiger partial charge in [-0.1, -0.05) is 70.9 Å². The van der Waals surface area contributed by atoms with E-state index in [4.69, 9.17) is 0 Å². The fourth-order valence-electron chi connectivity index (χ4n) is 2.44. The largest absolute Gasteiger partial charge is 0.314 e. The standard InChI is InChI=1S/C18H22BrN/c1-3-20-17(12-15-10-8-14(2)9-11-15)13-16-6-4-5-7-18(16)19/h4-11,17,20H,3,12-13H2,1-2H3. The molecule has 2 aromatic rings. The van der Waals surface area contributed by atoms with Crippen LogP contribution in [0.2, 0.25) is 0 Å². The van der Waals surface area contributed by atoms with E-state index >= 15 is 0 Å². The highest BCUT2D eigenvalue weighted by Gasteiger charge is 2.11. The first-order valence-electron chi connectivity index (χ1n) is 7.21. The highest BCUT2D eigenvalue weighted by atomic mass is 79.9. The molecule has 0 aliphatic heterocycles. The quantitative estimate of drug-likeness (QED) is 0.820. The Hall–Kier alpha value is -1.12. The topological polar surface area (TPSA) is 12.0 Å². The van der Waals surface area contributed by atoms with Gasteiger partial charge >= 0.3 is 0 Å². The van der Waals surface area contributed by atoms with Gasteiger partial charge in [0.25, 0.3) is 0 Å². The summed E-state index contributed by atoms with van der Waals surface area (Å²) < 4.78 is 1.20. The zero-order valence-electron chi connectivity index (χ0n) is 12.2. The van der Waals surface area contributed by atoms with Crippen LogP contribution in [0.4, 0.5) is 0 Å². The van der Waals surface area contributed by atoms with Crippen LogP contribution in [-0.4, -0.2) is 12.6 Å². The van der Waals surface area contributed by atoms with Crippen molar-refractivity contribution >= 4 is 15.9 Å². The maximum absolute atomic E-state index is 3.64. The molecule has 0 heterocycles. The third kappa shape index (κ3) is 4.46. The minimum absolute atomic E-state index is 0.474. The molecule has 0 spiro atoms. The van der Waals surface area contributed by atoms with Crippen molar-refractivity contribution in [3.63, 3.8) is 0 Å². The van der Waals surface area contributed by atoms with Crippen LogP contribution in [0, 0.1) is 6.92 Å². The minimum atomic E-state index is 0.474. The normalized spacial score (nSPS) is 12.3. The van der Waals surface area contributed by atoms with Gasteiger partial charge in [0.1, 0.15) is 0 Å². The van der Waals surface area contributed by atoms with Gasteiger partial charge in [0, 0.05) is 10.5 Å². The van der Waals surface area contributed by atoms with E-state index in [0.717, 1.165) is 19.4 Å². The molecule has 0 fully saturated rings. The molecule has 1 unspecified atom stereocenters. The van der Waals surface area contributed by atoms with Crippen molar-refractivity contribution < 1.29 is 0 Å². The molecule has 0 amide bonds. The fourth-order valence-corrected chi connectivity index (χ4v) is 2.89. The van der Waals surface area contributed by atoms with Gasteiger partial charge in [-0.2, -0.15) is 0 Å². The van der Waals surface area contributed by atoms with Crippen LogP contribution in [0.3, 0.4) is 0 Å². The first-order valence-corrected chi connectivity index (χ1v) is 8.00.